The van der Waals surface area contributed by atoms with Crippen molar-refractivity contribution in [3.8, 4) is 16.3 Å². The van der Waals surface area contributed by atoms with Gasteiger partial charge in [0.2, 0.25) is 5.91 Å². The van der Waals surface area contributed by atoms with E-state index in [1.807, 2.05) is 40.6 Å². The molecule has 0 N–H and O–H groups in total. The number of carbonyl (C=O) groups excluding carboxylic acids is 1. The van der Waals surface area contributed by atoms with Gasteiger partial charge in [-0.05, 0) is 35.7 Å². The zero-order chi connectivity index (χ0) is 20.1. The van der Waals surface area contributed by atoms with Crippen LogP contribution in [-0.4, -0.2) is 59.7 Å². The average molecular weight is 446 g/mol. The van der Waals surface area contributed by atoms with Crippen LogP contribution in [0, 0.1) is 0 Å². The van der Waals surface area contributed by atoms with E-state index < -0.39 is 0 Å². The van der Waals surface area contributed by atoms with Crippen molar-refractivity contribution in [2.24, 2.45) is 0 Å². The Labute approximate surface area is 183 Å². The Hall–Kier alpha value is -1.87. The number of benzene rings is 1. The number of thioether (sulfide) groups is 1. The lowest BCUT2D eigenvalue weighted by Crippen LogP contribution is -2.48. The number of methoxy groups -OCH3 is 1. The lowest BCUT2D eigenvalue weighted by Gasteiger charge is -2.34. The van der Waals surface area contributed by atoms with Gasteiger partial charge in [0, 0.05) is 43.7 Å². The highest BCUT2D eigenvalue weighted by atomic mass is 32.2. The van der Waals surface area contributed by atoms with E-state index in [1.165, 1.54) is 4.21 Å². The SMILES string of the molecule is COc1ccc(-c2nc(CN3CCN(C(=O)CSc4cccs4)CC3)cs2)cc1. The zero-order valence-corrected chi connectivity index (χ0v) is 18.7. The minimum atomic E-state index is 0.235. The summed E-state index contributed by atoms with van der Waals surface area (Å²) in [5, 5.41) is 5.21. The number of rotatable bonds is 7. The molecule has 0 bridgehead atoms. The molecule has 5 nitrogen and oxygen atoms in total. The molecule has 8 heteroatoms. The Morgan fingerprint density at radius 3 is 2.62 bits per heavy atom. The molecule has 0 spiro atoms. The van der Waals surface area contributed by atoms with Gasteiger partial charge >= 0.3 is 0 Å². The molecule has 29 heavy (non-hydrogen) atoms. The first-order valence-electron chi connectivity index (χ1n) is 9.46. The molecule has 1 aromatic carbocycles. The van der Waals surface area contributed by atoms with Crippen LogP contribution in [0.4, 0.5) is 0 Å². The number of hydrogen-bond donors (Lipinski definition) is 0. The molecule has 0 atom stereocenters. The topological polar surface area (TPSA) is 45.7 Å². The summed E-state index contributed by atoms with van der Waals surface area (Å²) in [5.41, 5.74) is 2.20. The van der Waals surface area contributed by atoms with Crippen LogP contribution < -0.4 is 4.74 Å². The van der Waals surface area contributed by atoms with Crippen LogP contribution in [0.5, 0.6) is 5.75 Å². The number of thiazole rings is 1. The molecule has 1 aliphatic rings. The van der Waals surface area contributed by atoms with Crippen molar-refractivity contribution in [2.75, 3.05) is 39.0 Å². The first-order chi connectivity index (χ1) is 14.2. The molecule has 4 rings (SSSR count). The van der Waals surface area contributed by atoms with Crippen molar-refractivity contribution in [3.05, 3.63) is 52.9 Å². The van der Waals surface area contributed by atoms with E-state index in [4.69, 9.17) is 9.72 Å². The summed E-state index contributed by atoms with van der Waals surface area (Å²) in [6, 6.07) is 12.1. The van der Waals surface area contributed by atoms with Crippen molar-refractivity contribution in [1.29, 1.82) is 0 Å². The third kappa shape index (κ3) is 5.39. The molecule has 1 amide bonds. The van der Waals surface area contributed by atoms with Gasteiger partial charge in [-0.3, -0.25) is 9.69 Å². The first kappa shape index (κ1) is 20.4. The highest BCUT2D eigenvalue weighted by Crippen LogP contribution is 2.27. The molecule has 0 aliphatic carbocycles. The third-order valence-electron chi connectivity index (χ3n) is 4.83. The smallest absolute Gasteiger partial charge is 0.233 e. The number of aromatic nitrogens is 1. The predicted octanol–water partition coefficient (Wildman–Crippen LogP) is 4.32. The van der Waals surface area contributed by atoms with Gasteiger partial charge in [-0.2, -0.15) is 0 Å². The van der Waals surface area contributed by atoms with Crippen LogP contribution in [0.3, 0.4) is 0 Å². The highest BCUT2D eigenvalue weighted by Gasteiger charge is 2.21. The molecule has 152 valence electrons. The van der Waals surface area contributed by atoms with E-state index in [2.05, 4.69) is 16.3 Å². The monoisotopic (exact) mass is 445 g/mol. The van der Waals surface area contributed by atoms with E-state index in [0.717, 1.165) is 54.7 Å². The van der Waals surface area contributed by atoms with Crippen LogP contribution in [0.25, 0.3) is 10.6 Å². The Balaban J connectivity index is 1.25. The summed E-state index contributed by atoms with van der Waals surface area (Å²) in [6.07, 6.45) is 0. The lowest BCUT2D eigenvalue weighted by molar-refractivity contribution is -0.130. The number of thiophene rings is 1. The van der Waals surface area contributed by atoms with Crippen molar-refractivity contribution in [2.45, 2.75) is 10.8 Å². The van der Waals surface area contributed by atoms with Gasteiger partial charge in [0.25, 0.3) is 0 Å². The second kappa shape index (κ2) is 9.75. The zero-order valence-electron chi connectivity index (χ0n) is 16.2. The normalized spacial score (nSPS) is 14.9. The fourth-order valence-corrected chi connectivity index (χ4v) is 5.70. The summed E-state index contributed by atoms with van der Waals surface area (Å²) < 4.78 is 6.42. The number of carbonyl (C=O) groups is 1. The molecular formula is C21H23N3O2S3. The van der Waals surface area contributed by atoms with Crippen molar-refractivity contribution in [3.63, 3.8) is 0 Å². The van der Waals surface area contributed by atoms with Gasteiger partial charge in [-0.15, -0.1) is 34.4 Å². The fraction of sp³-hybridized carbons (Fsp3) is 0.333. The Kier molecular flexibility index (Phi) is 6.86. The quantitative estimate of drug-likeness (QED) is 0.507. The minimum absolute atomic E-state index is 0.235. The summed E-state index contributed by atoms with van der Waals surface area (Å²) in [5.74, 6) is 1.61. The third-order valence-corrected chi connectivity index (χ3v) is 7.89. The fourth-order valence-electron chi connectivity index (χ4n) is 3.20. The number of ether oxygens (including phenoxy) is 1. The maximum atomic E-state index is 12.4. The lowest BCUT2D eigenvalue weighted by atomic mass is 10.2. The van der Waals surface area contributed by atoms with Crippen molar-refractivity contribution in [1.82, 2.24) is 14.8 Å². The molecule has 0 radical (unpaired) electrons. The van der Waals surface area contributed by atoms with Crippen LogP contribution in [-0.2, 0) is 11.3 Å². The van der Waals surface area contributed by atoms with Gasteiger partial charge in [0.1, 0.15) is 10.8 Å². The Morgan fingerprint density at radius 2 is 1.93 bits per heavy atom. The van der Waals surface area contributed by atoms with Crippen LogP contribution in [0.1, 0.15) is 5.69 Å². The van der Waals surface area contributed by atoms with Crippen LogP contribution >= 0.6 is 34.4 Å². The Bertz CT molecular complexity index is 917. The molecule has 3 heterocycles. The largest absolute Gasteiger partial charge is 0.497 e. The molecule has 0 saturated carbocycles. The standard InChI is InChI=1S/C21H23N3O2S3/c1-26-18-6-4-16(5-7-18)21-22-17(14-29-21)13-23-8-10-24(11-9-23)19(25)15-28-20-3-2-12-27-20/h2-7,12,14H,8-11,13,15H2,1H3. The molecule has 1 aliphatic heterocycles. The maximum Gasteiger partial charge on any atom is 0.233 e. The van der Waals surface area contributed by atoms with Gasteiger partial charge in [-0.25, -0.2) is 4.98 Å². The molecular weight excluding hydrogens is 422 g/mol. The number of hydrogen-bond acceptors (Lipinski definition) is 7. The minimum Gasteiger partial charge on any atom is -0.497 e. The summed E-state index contributed by atoms with van der Waals surface area (Å²) in [4.78, 5) is 21.6. The summed E-state index contributed by atoms with van der Waals surface area (Å²) >= 11 is 4.99. The number of piperazine rings is 1. The van der Waals surface area contributed by atoms with Crippen LogP contribution in [0.15, 0.2) is 51.4 Å². The van der Waals surface area contributed by atoms with Gasteiger partial charge < -0.3 is 9.64 Å². The number of amides is 1. The number of nitrogens with zero attached hydrogens (tertiary/aromatic N) is 3. The van der Waals surface area contributed by atoms with Crippen LogP contribution in [0.2, 0.25) is 0 Å². The average Bonchev–Trinajstić information content (AvgIpc) is 3.45. The van der Waals surface area contributed by atoms with Gasteiger partial charge in [0.15, 0.2) is 0 Å². The molecule has 1 saturated heterocycles. The highest BCUT2D eigenvalue weighted by molar-refractivity contribution is 8.01. The molecule has 2 aromatic heterocycles. The van der Waals surface area contributed by atoms with E-state index in [0.29, 0.717) is 5.75 Å². The van der Waals surface area contributed by atoms with Gasteiger partial charge in [-0.1, -0.05) is 6.07 Å². The molecule has 0 unspecified atom stereocenters. The summed E-state index contributed by atoms with van der Waals surface area (Å²) in [6.45, 7) is 4.20. The van der Waals surface area contributed by atoms with Gasteiger partial charge in [0.05, 0.1) is 22.8 Å². The van der Waals surface area contributed by atoms with Crippen molar-refractivity contribution >= 4 is 40.3 Å². The van der Waals surface area contributed by atoms with E-state index in [1.54, 1.807) is 41.5 Å². The summed E-state index contributed by atoms with van der Waals surface area (Å²) in [7, 11) is 1.67. The molecule has 3 aromatic rings. The Morgan fingerprint density at radius 1 is 1.14 bits per heavy atom. The maximum absolute atomic E-state index is 12.4. The predicted molar refractivity (Wildman–Crippen MR) is 121 cm³/mol. The van der Waals surface area contributed by atoms with E-state index in [9.17, 15) is 4.79 Å². The second-order valence-corrected chi connectivity index (χ2v) is 9.83. The molecule has 1 fully saturated rings. The first-order valence-corrected chi connectivity index (χ1v) is 12.2. The van der Waals surface area contributed by atoms with E-state index in [-0.39, 0.29) is 5.91 Å². The van der Waals surface area contributed by atoms with Crippen molar-refractivity contribution < 1.29 is 9.53 Å². The second-order valence-electron chi connectivity index (χ2n) is 6.75. The van der Waals surface area contributed by atoms with E-state index >= 15 is 0 Å².